The van der Waals surface area contributed by atoms with Gasteiger partial charge in [-0.05, 0) is 41.1 Å². The Morgan fingerprint density at radius 1 is 1.59 bits per heavy atom. The molecule has 0 aliphatic rings. The van der Waals surface area contributed by atoms with E-state index in [4.69, 9.17) is 16.9 Å². The summed E-state index contributed by atoms with van der Waals surface area (Å²) in [5.41, 5.74) is 0.564. The molecule has 0 N–H and O–H groups in total. The van der Waals surface area contributed by atoms with Crippen LogP contribution in [0.15, 0.2) is 22.7 Å². The fraction of sp³-hybridized carbons (Fsp3) is 0.333. The lowest BCUT2D eigenvalue weighted by atomic mass is 10.2. The second kappa shape index (κ2) is 6.63. The summed E-state index contributed by atoms with van der Waals surface area (Å²) < 4.78 is 0.672. The number of hydrogen-bond acceptors (Lipinski definition) is 2. The average Bonchev–Trinajstić information content (AvgIpc) is 2.29. The van der Waals surface area contributed by atoms with Crippen molar-refractivity contribution in [2.24, 2.45) is 0 Å². The van der Waals surface area contributed by atoms with E-state index in [0.717, 1.165) is 0 Å². The van der Waals surface area contributed by atoms with Crippen LogP contribution in [0.4, 0.5) is 0 Å². The van der Waals surface area contributed by atoms with Crippen LogP contribution in [-0.4, -0.2) is 23.9 Å². The van der Waals surface area contributed by atoms with Crippen LogP contribution in [0.2, 0.25) is 5.02 Å². The lowest BCUT2D eigenvalue weighted by Crippen LogP contribution is -2.31. The molecule has 0 aromatic heterocycles. The van der Waals surface area contributed by atoms with E-state index in [0.29, 0.717) is 34.6 Å². The maximum atomic E-state index is 12.2. The smallest absolute Gasteiger partial charge is 0.255 e. The van der Waals surface area contributed by atoms with Crippen molar-refractivity contribution >= 4 is 33.4 Å². The molecular formula is C12H12BrClN2O. The number of hydrogen-bond donors (Lipinski definition) is 0. The van der Waals surface area contributed by atoms with Crippen LogP contribution in [0.25, 0.3) is 0 Å². The van der Waals surface area contributed by atoms with Crippen molar-refractivity contribution in [3.8, 4) is 6.07 Å². The highest BCUT2D eigenvalue weighted by atomic mass is 79.9. The lowest BCUT2D eigenvalue weighted by molar-refractivity contribution is 0.0767. The summed E-state index contributed by atoms with van der Waals surface area (Å²) in [6.45, 7) is 2.91. The Balaban J connectivity index is 2.90. The maximum Gasteiger partial charge on any atom is 0.255 e. The fourth-order valence-corrected chi connectivity index (χ4v) is 2.27. The Morgan fingerprint density at radius 3 is 2.82 bits per heavy atom. The molecule has 0 saturated carbocycles. The van der Waals surface area contributed by atoms with Crippen molar-refractivity contribution < 1.29 is 4.79 Å². The standard InChI is InChI=1S/C12H12BrClN2O/c1-2-16(7-3-6-15)12(17)10-5-4-9(14)8-11(10)13/h4-5,8H,2-3,7H2,1H3. The van der Waals surface area contributed by atoms with E-state index < -0.39 is 0 Å². The first-order chi connectivity index (χ1) is 8.10. The van der Waals surface area contributed by atoms with Gasteiger partial charge in [0.2, 0.25) is 0 Å². The SMILES string of the molecule is CCN(CCC#N)C(=O)c1ccc(Cl)cc1Br. The second-order valence-electron chi connectivity index (χ2n) is 3.42. The minimum Gasteiger partial charge on any atom is -0.338 e. The Bertz CT molecular complexity index is 456. The summed E-state index contributed by atoms with van der Waals surface area (Å²) in [5.74, 6) is -0.0914. The van der Waals surface area contributed by atoms with Crippen LogP contribution >= 0.6 is 27.5 Å². The Kier molecular flexibility index (Phi) is 5.46. The van der Waals surface area contributed by atoms with Gasteiger partial charge in [0.05, 0.1) is 18.1 Å². The molecule has 0 aliphatic heterocycles. The largest absolute Gasteiger partial charge is 0.338 e. The quantitative estimate of drug-likeness (QED) is 0.854. The number of halogens is 2. The highest BCUT2D eigenvalue weighted by Crippen LogP contribution is 2.22. The first-order valence-electron chi connectivity index (χ1n) is 5.21. The van der Waals surface area contributed by atoms with E-state index in [1.807, 2.05) is 13.0 Å². The monoisotopic (exact) mass is 314 g/mol. The van der Waals surface area contributed by atoms with Crippen molar-refractivity contribution in [3.05, 3.63) is 33.3 Å². The topological polar surface area (TPSA) is 44.1 Å². The summed E-state index contributed by atoms with van der Waals surface area (Å²) >= 11 is 9.14. The van der Waals surface area contributed by atoms with Gasteiger partial charge in [0.25, 0.3) is 5.91 Å². The zero-order valence-electron chi connectivity index (χ0n) is 9.41. The van der Waals surface area contributed by atoms with Gasteiger partial charge in [-0.3, -0.25) is 4.79 Å². The van der Waals surface area contributed by atoms with Crippen molar-refractivity contribution in [1.29, 1.82) is 5.26 Å². The summed E-state index contributed by atoms with van der Waals surface area (Å²) in [4.78, 5) is 13.8. The van der Waals surface area contributed by atoms with E-state index in [1.165, 1.54) is 0 Å². The Morgan fingerprint density at radius 2 is 2.29 bits per heavy atom. The van der Waals surface area contributed by atoms with E-state index in [-0.39, 0.29) is 5.91 Å². The fourth-order valence-electron chi connectivity index (χ4n) is 1.42. The molecule has 0 aliphatic carbocycles. The van der Waals surface area contributed by atoms with Crippen LogP contribution in [0, 0.1) is 11.3 Å². The molecule has 0 fully saturated rings. The molecule has 1 rings (SSSR count). The molecule has 1 aromatic rings. The van der Waals surface area contributed by atoms with E-state index >= 15 is 0 Å². The Labute approximate surface area is 114 Å². The average molecular weight is 316 g/mol. The molecule has 0 radical (unpaired) electrons. The van der Waals surface area contributed by atoms with Crippen LogP contribution < -0.4 is 0 Å². The lowest BCUT2D eigenvalue weighted by Gasteiger charge is -2.20. The first kappa shape index (κ1) is 14.0. The maximum absolute atomic E-state index is 12.2. The Hall–Kier alpha value is -1.05. The van der Waals surface area contributed by atoms with Crippen molar-refractivity contribution in [2.75, 3.05) is 13.1 Å². The molecule has 90 valence electrons. The zero-order valence-corrected chi connectivity index (χ0v) is 11.8. The predicted molar refractivity (Wildman–Crippen MR) is 71.0 cm³/mol. The number of rotatable bonds is 4. The molecule has 0 atom stereocenters. The highest BCUT2D eigenvalue weighted by molar-refractivity contribution is 9.10. The van der Waals surface area contributed by atoms with Crippen molar-refractivity contribution in [2.45, 2.75) is 13.3 Å². The molecule has 3 nitrogen and oxygen atoms in total. The molecule has 0 bridgehead atoms. The number of carbonyl (C=O) groups excluding carboxylic acids is 1. The van der Waals surface area contributed by atoms with Crippen LogP contribution in [-0.2, 0) is 0 Å². The molecule has 0 spiro atoms. The summed E-state index contributed by atoms with van der Waals surface area (Å²) in [6.07, 6.45) is 0.338. The van der Waals surface area contributed by atoms with Gasteiger partial charge in [0.15, 0.2) is 0 Å². The van der Waals surface area contributed by atoms with Gasteiger partial charge in [-0.15, -0.1) is 0 Å². The second-order valence-corrected chi connectivity index (χ2v) is 4.71. The van der Waals surface area contributed by atoms with Gasteiger partial charge in [-0.2, -0.15) is 5.26 Å². The van der Waals surface area contributed by atoms with Gasteiger partial charge in [0, 0.05) is 22.6 Å². The number of carbonyl (C=O) groups is 1. The number of nitrogens with zero attached hydrogens (tertiary/aromatic N) is 2. The van der Waals surface area contributed by atoms with E-state index in [9.17, 15) is 4.79 Å². The van der Waals surface area contributed by atoms with Gasteiger partial charge < -0.3 is 4.90 Å². The summed E-state index contributed by atoms with van der Waals surface area (Å²) in [7, 11) is 0. The normalized spacial score (nSPS) is 9.76. The minimum atomic E-state index is -0.0914. The molecule has 17 heavy (non-hydrogen) atoms. The van der Waals surface area contributed by atoms with Gasteiger partial charge >= 0.3 is 0 Å². The summed E-state index contributed by atoms with van der Waals surface area (Å²) in [6, 6.07) is 7.09. The summed E-state index contributed by atoms with van der Waals surface area (Å²) in [5, 5.41) is 9.12. The third-order valence-electron chi connectivity index (χ3n) is 2.32. The zero-order chi connectivity index (χ0) is 12.8. The molecule has 0 heterocycles. The minimum absolute atomic E-state index is 0.0914. The number of nitriles is 1. The first-order valence-corrected chi connectivity index (χ1v) is 6.38. The van der Waals surface area contributed by atoms with Crippen LogP contribution in [0.3, 0.4) is 0 Å². The van der Waals surface area contributed by atoms with Gasteiger partial charge in [0.1, 0.15) is 0 Å². The third-order valence-corrected chi connectivity index (χ3v) is 3.22. The van der Waals surface area contributed by atoms with Crippen LogP contribution in [0.5, 0.6) is 0 Å². The predicted octanol–water partition coefficient (Wildman–Crippen LogP) is 3.48. The molecule has 0 unspecified atom stereocenters. The number of amides is 1. The van der Waals surface area contributed by atoms with Gasteiger partial charge in [-0.1, -0.05) is 11.6 Å². The van der Waals surface area contributed by atoms with Crippen molar-refractivity contribution in [1.82, 2.24) is 4.90 Å². The van der Waals surface area contributed by atoms with Crippen molar-refractivity contribution in [3.63, 3.8) is 0 Å². The molecule has 0 saturated heterocycles. The third kappa shape index (κ3) is 3.72. The molecule has 1 aromatic carbocycles. The number of benzene rings is 1. The molecular weight excluding hydrogens is 304 g/mol. The highest BCUT2D eigenvalue weighted by Gasteiger charge is 2.16. The van der Waals surface area contributed by atoms with Gasteiger partial charge in [-0.25, -0.2) is 0 Å². The van der Waals surface area contributed by atoms with E-state index in [2.05, 4.69) is 15.9 Å². The molecule has 5 heteroatoms. The van der Waals surface area contributed by atoms with Crippen LogP contribution in [0.1, 0.15) is 23.7 Å². The molecule has 1 amide bonds. The van der Waals surface area contributed by atoms with E-state index in [1.54, 1.807) is 23.1 Å².